The van der Waals surface area contributed by atoms with Crippen LogP contribution in [-0.4, -0.2) is 11.1 Å². The molecule has 1 aromatic carbocycles. The number of hydrogen-bond donors (Lipinski definition) is 1. The van der Waals surface area contributed by atoms with Gasteiger partial charge in [0.1, 0.15) is 16.8 Å². The van der Waals surface area contributed by atoms with E-state index >= 15 is 0 Å². The Labute approximate surface area is 103 Å². The number of aryl methyl sites for hydroxylation is 1. The third-order valence-electron chi connectivity index (χ3n) is 2.58. The minimum atomic E-state index is -0.226. The molecule has 0 heterocycles. The fourth-order valence-corrected chi connectivity index (χ4v) is 1.40. The molecule has 2 nitrogen and oxygen atoms in total. The lowest BCUT2D eigenvalue weighted by atomic mass is 10.0. The van der Waals surface area contributed by atoms with Crippen LogP contribution in [0.3, 0.4) is 0 Å². The number of thiocarbonyl (C=S) groups is 1. The summed E-state index contributed by atoms with van der Waals surface area (Å²) >= 11 is 4.90. The van der Waals surface area contributed by atoms with Crippen molar-refractivity contribution in [1.82, 2.24) is 0 Å². The highest BCUT2D eigenvalue weighted by Crippen LogP contribution is 2.25. The molecule has 1 rings (SSSR count). The summed E-state index contributed by atoms with van der Waals surface area (Å²) in [5, 5.41) is 0. The number of rotatable bonds is 4. The Kier molecular flexibility index (Phi) is 4.30. The molecule has 0 saturated heterocycles. The Hall–Kier alpha value is -1.09. The van der Waals surface area contributed by atoms with E-state index in [1.807, 2.05) is 13.8 Å². The van der Waals surface area contributed by atoms with Crippen molar-refractivity contribution in [3.05, 3.63) is 29.3 Å². The monoisotopic (exact) mass is 237 g/mol. The molecule has 0 aliphatic rings. The topological polar surface area (TPSA) is 35.2 Å². The van der Waals surface area contributed by atoms with E-state index in [-0.39, 0.29) is 6.10 Å². The van der Waals surface area contributed by atoms with Gasteiger partial charge in [0.25, 0.3) is 0 Å². The van der Waals surface area contributed by atoms with E-state index in [1.165, 1.54) is 5.56 Å². The van der Waals surface area contributed by atoms with E-state index in [1.54, 1.807) is 0 Å². The second kappa shape index (κ2) is 5.30. The molecule has 0 spiro atoms. The van der Waals surface area contributed by atoms with Crippen LogP contribution in [0.2, 0.25) is 0 Å². The third-order valence-corrected chi connectivity index (χ3v) is 2.92. The molecule has 0 radical (unpaired) electrons. The molecule has 0 saturated carbocycles. The average molecular weight is 237 g/mol. The summed E-state index contributed by atoms with van der Waals surface area (Å²) < 4.78 is 5.73. The summed E-state index contributed by atoms with van der Waals surface area (Å²) in [5.41, 5.74) is 7.90. The molecule has 0 aliphatic heterocycles. The first-order valence-corrected chi connectivity index (χ1v) is 5.89. The van der Waals surface area contributed by atoms with E-state index < -0.39 is 0 Å². The zero-order valence-electron chi connectivity index (χ0n) is 10.3. The molecule has 3 heteroatoms. The van der Waals surface area contributed by atoms with Crippen molar-refractivity contribution in [2.45, 2.75) is 39.7 Å². The highest BCUT2D eigenvalue weighted by Gasteiger charge is 2.10. The zero-order valence-corrected chi connectivity index (χ0v) is 11.1. The number of hydrogen-bond acceptors (Lipinski definition) is 2. The minimum absolute atomic E-state index is 0.226. The van der Waals surface area contributed by atoms with Gasteiger partial charge in [-0.05, 0) is 37.0 Å². The second-order valence-electron chi connectivity index (χ2n) is 4.34. The van der Waals surface area contributed by atoms with Crippen molar-refractivity contribution < 1.29 is 4.74 Å². The maximum atomic E-state index is 5.73. The van der Waals surface area contributed by atoms with Gasteiger partial charge in [-0.2, -0.15) is 0 Å². The van der Waals surface area contributed by atoms with Gasteiger partial charge in [0.2, 0.25) is 0 Å². The summed E-state index contributed by atoms with van der Waals surface area (Å²) in [6.07, 6.45) is -0.226. The number of nitrogens with two attached hydrogens (primary N) is 1. The second-order valence-corrected chi connectivity index (χ2v) is 4.81. The predicted octanol–water partition coefficient (Wildman–Crippen LogP) is 3.17. The summed E-state index contributed by atoms with van der Waals surface area (Å²) in [5.74, 6) is 1.36. The van der Waals surface area contributed by atoms with E-state index in [2.05, 4.69) is 32.0 Å². The fraction of sp³-hybridized carbons (Fsp3) is 0.462. The van der Waals surface area contributed by atoms with Crippen LogP contribution in [0.25, 0.3) is 0 Å². The molecule has 0 aromatic heterocycles. The summed E-state index contributed by atoms with van der Waals surface area (Å²) in [4.78, 5) is 0.384. The van der Waals surface area contributed by atoms with Gasteiger partial charge in [0.05, 0.1) is 0 Å². The number of ether oxygens (including phenoxy) is 1. The summed E-state index contributed by atoms with van der Waals surface area (Å²) in [7, 11) is 0. The van der Waals surface area contributed by atoms with Crippen LogP contribution in [0.15, 0.2) is 18.2 Å². The first-order valence-electron chi connectivity index (χ1n) is 5.48. The standard InChI is InChI=1S/C13H19NOS/c1-8(2)11-6-5-9(3)12(7-11)15-10(4)13(14)16/h5-8,10H,1-4H3,(H2,14,16). The van der Waals surface area contributed by atoms with Crippen LogP contribution in [0.5, 0.6) is 5.75 Å². The van der Waals surface area contributed by atoms with Crippen LogP contribution in [-0.2, 0) is 0 Å². The van der Waals surface area contributed by atoms with Gasteiger partial charge in [-0.25, -0.2) is 0 Å². The third kappa shape index (κ3) is 3.20. The summed E-state index contributed by atoms with van der Waals surface area (Å²) in [6.45, 7) is 8.20. The molecule has 2 N–H and O–H groups in total. The van der Waals surface area contributed by atoms with Gasteiger partial charge in [-0.15, -0.1) is 0 Å². The SMILES string of the molecule is Cc1ccc(C(C)C)cc1OC(C)C(N)=S. The van der Waals surface area contributed by atoms with Crippen molar-refractivity contribution in [3.63, 3.8) is 0 Å². The molecule has 88 valence electrons. The Balaban J connectivity index is 2.94. The Morgan fingerprint density at radius 1 is 1.31 bits per heavy atom. The van der Waals surface area contributed by atoms with Crippen molar-refractivity contribution in [3.8, 4) is 5.75 Å². The molecule has 1 unspecified atom stereocenters. The highest BCUT2D eigenvalue weighted by atomic mass is 32.1. The smallest absolute Gasteiger partial charge is 0.145 e. The van der Waals surface area contributed by atoms with E-state index in [4.69, 9.17) is 22.7 Å². The van der Waals surface area contributed by atoms with Crippen LogP contribution >= 0.6 is 12.2 Å². The molecule has 0 amide bonds. The zero-order chi connectivity index (χ0) is 12.3. The van der Waals surface area contributed by atoms with Gasteiger partial charge in [-0.1, -0.05) is 38.2 Å². The van der Waals surface area contributed by atoms with Crippen LogP contribution in [0.1, 0.15) is 37.8 Å². The van der Waals surface area contributed by atoms with E-state index in [9.17, 15) is 0 Å². The molecular weight excluding hydrogens is 218 g/mol. The Morgan fingerprint density at radius 2 is 1.94 bits per heavy atom. The van der Waals surface area contributed by atoms with Crippen LogP contribution in [0.4, 0.5) is 0 Å². The van der Waals surface area contributed by atoms with E-state index in [0.29, 0.717) is 10.9 Å². The molecular formula is C13H19NOS. The first-order chi connectivity index (χ1) is 7.41. The minimum Gasteiger partial charge on any atom is -0.483 e. The molecule has 1 aromatic rings. The van der Waals surface area contributed by atoms with Gasteiger partial charge in [0.15, 0.2) is 0 Å². The average Bonchev–Trinajstić information content (AvgIpc) is 2.20. The van der Waals surface area contributed by atoms with Gasteiger partial charge in [-0.3, -0.25) is 0 Å². The lowest BCUT2D eigenvalue weighted by molar-refractivity contribution is 0.286. The van der Waals surface area contributed by atoms with Crippen molar-refractivity contribution in [2.75, 3.05) is 0 Å². The van der Waals surface area contributed by atoms with Crippen molar-refractivity contribution >= 4 is 17.2 Å². The molecule has 1 atom stereocenters. The maximum Gasteiger partial charge on any atom is 0.145 e. The van der Waals surface area contributed by atoms with E-state index in [0.717, 1.165) is 11.3 Å². The van der Waals surface area contributed by atoms with Crippen molar-refractivity contribution in [1.29, 1.82) is 0 Å². The highest BCUT2D eigenvalue weighted by molar-refractivity contribution is 7.80. The molecule has 0 aliphatic carbocycles. The first kappa shape index (κ1) is 13.0. The number of benzene rings is 1. The Morgan fingerprint density at radius 3 is 2.44 bits per heavy atom. The summed E-state index contributed by atoms with van der Waals surface area (Å²) in [6, 6.07) is 6.25. The normalized spacial score (nSPS) is 12.6. The molecule has 0 fully saturated rings. The van der Waals surface area contributed by atoms with Crippen molar-refractivity contribution in [2.24, 2.45) is 5.73 Å². The predicted molar refractivity (Wildman–Crippen MR) is 72.1 cm³/mol. The van der Waals surface area contributed by atoms with Gasteiger partial charge >= 0.3 is 0 Å². The van der Waals surface area contributed by atoms with Crippen LogP contribution in [0, 0.1) is 6.92 Å². The molecule has 16 heavy (non-hydrogen) atoms. The van der Waals surface area contributed by atoms with Crippen LogP contribution < -0.4 is 10.5 Å². The molecule has 0 bridgehead atoms. The lowest BCUT2D eigenvalue weighted by Gasteiger charge is -2.17. The fourth-order valence-electron chi connectivity index (χ4n) is 1.35. The van der Waals surface area contributed by atoms with Gasteiger partial charge < -0.3 is 10.5 Å². The quantitative estimate of drug-likeness (QED) is 0.817. The maximum absolute atomic E-state index is 5.73. The lowest BCUT2D eigenvalue weighted by Crippen LogP contribution is -2.29. The van der Waals surface area contributed by atoms with Gasteiger partial charge in [0, 0.05) is 0 Å². The Bertz CT molecular complexity index is 388. The largest absolute Gasteiger partial charge is 0.483 e.